The van der Waals surface area contributed by atoms with Gasteiger partial charge in [0.25, 0.3) is 0 Å². The first-order chi connectivity index (χ1) is 9.67. The standard InChI is InChI=1S/C15H23NO4/c1-3-16(10-9-15(17)18)11-12-20-14-8-6-5-7-13(14)19-4-2/h5-8H,3-4,9-12H2,1-2H3,(H,17,18). The molecular weight excluding hydrogens is 258 g/mol. The van der Waals surface area contributed by atoms with E-state index >= 15 is 0 Å². The Kier molecular flexibility index (Phi) is 7.50. The Morgan fingerprint density at radius 1 is 1.15 bits per heavy atom. The summed E-state index contributed by atoms with van der Waals surface area (Å²) in [6.07, 6.45) is 0.156. The first-order valence-corrected chi connectivity index (χ1v) is 6.96. The van der Waals surface area contributed by atoms with E-state index in [-0.39, 0.29) is 6.42 Å². The van der Waals surface area contributed by atoms with E-state index in [0.717, 1.165) is 18.0 Å². The molecule has 112 valence electrons. The number of rotatable bonds is 10. The van der Waals surface area contributed by atoms with Gasteiger partial charge in [-0.1, -0.05) is 19.1 Å². The normalized spacial score (nSPS) is 10.6. The van der Waals surface area contributed by atoms with Crippen LogP contribution in [0.5, 0.6) is 11.5 Å². The maximum atomic E-state index is 10.6. The summed E-state index contributed by atoms with van der Waals surface area (Å²) in [6.45, 7) is 7.10. The van der Waals surface area contributed by atoms with Crippen molar-refractivity contribution in [1.82, 2.24) is 4.90 Å². The van der Waals surface area contributed by atoms with Crippen LogP contribution in [0.4, 0.5) is 0 Å². The second-order valence-corrected chi connectivity index (χ2v) is 4.31. The number of hydrogen-bond donors (Lipinski definition) is 1. The Morgan fingerprint density at radius 3 is 2.35 bits per heavy atom. The van der Waals surface area contributed by atoms with Crippen molar-refractivity contribution in [1.29, 1.82) is 0 Å². The van der Waals surface area contributed by atoms with Gasteiger partial charge in [0.1, 0.15) is 6.61 Å². The van der Waals surface area contributed by atoms with E-state index in [1.165, 1.54) is 0 Å². The number of carboxylic acid groups (broad SMARTS) is 1. The van der Waals surface area contributed by atoms with Crippen LogP contribution in [0.25, 0.3) is 0 Å². The Labute approximate surface area is 120 Å². The van der Waals surface area contributed by atoms with Gasteiger partial charge in [0.2, 0.25) is 0 Å². The largest absolute Gasteiger partial charge is 0.490 e. The topological polar surface area (TPSA) is 59.0 Å². The molecule has 0 heterocycles. The van der Waals surface area contributed by atoms with Crippen molar-refractivity contribution in [2.75, 3.05) is 32.8 Å². The maximum Gasteiger partial charge on any atom is 0.304 e. The highest BCUT2D eigenvalue weighted by atomic mass is 16.5. The third-order valence-corrected chi connectivity index (χ3v) is 2.90. The van der Waals surface area contributed by atoms with Gasteiger partial charge >= 0.3 is 5.97 Å². The summed E-state index contributed by atoms with van der Waals surface area (Å²) in [5.74, 6) is 0.693. The van der Waals surface area contributed by atoms with E-state index in [9.17, 15) is 4.79 Å². The summed E-state index contributed by atoms with van der Waals surface area (Å²) >= 11 is 0. The fraction of sp³-hybridized carbons (Fsp3) is 0.533. The zero-order valence-electron chi connectivity index (χ0n) is 12.2. The number of ether oxygens (including phenoxy) is 2. The number of nitrogens with zero attached hydrogens (tertiary/aromatic N) is 1. The van der Waals surface area contributed by atoms with Crippen molar-refractivity contribution in [2.24, 2.45) is 0 Å². The van der Waals surface area contributed by atoms with Gasteiger partial charge in [0.05, 0.1) is 13.0 Å². The first kappa shape index (κ1) is 16.3. The fourth-order valence-corrected chi connectivity index (χ4v) is 1.81. The molecule has 0 aliphatic heterocycles. The van der Waals surface area contributed by atoms with Crippen LogP contribution in [0.1, 0.15) is 20.3 Å². The average molecular weight is 281 g/mol. The number of hydrogen-bond acceptors (Lipinski definition) is 4. The number of aliphatic carboxylic acids is 1. The molecule has 0 bridgehead atoms. The van der Waals surface area contributed by atoms with Crippen LogP contribution in [0.3, 0.4) is 0 Å². The quantitative estimate of drug-likeness (QED) is 0.713. The molecule has 0 aliphatic rings. The molecule has 1 N–H and O–H groups in total. The second-order valence-electron chi connectivity index (χ2n) is 4.31. The molecule has 0 saturated carbocycles. The molecule has 1 aromatic carbocycles. The molecule has 5 heteroatoms. The third kappa shape index (κ3) is 5.93. The Balaban J connectivity index is 2.40. The highest BCUT2D eigenvalue weighted by Crippen LogP contribution is 2.26. The van der Waals surface area contributed by atoms with Gasteiger partial charge in [-0.3, -0.25) is 9.69 Å². The van der Waals surface area contributed by atoms with Gasteiger partial charge in [-0.25, -0.2) is 0 Å². The summed E-state index contributed by atoms with van der Waals surface area (Å²) in [4.78, 5) is 12.6. The third-order valence-electron chi connectivity index (χ3n) is 2.90. The van der Waals surface area contributed by atoms with Crippen molar-refractivity contribution in [3.63, 3.8) is 0 Å². The van der Waals surface area contributed by atoms with Crippen molar-refractivity contribution in [3.05, 3.63) is 24.3 Å². The lowest BCUT2D eigenvalue weighted by Gasteiger charge is -2.20. The maximum absolute atomic E-state index is 10.6. The minimum atomic E-state index is -0.772. The number of carbonyl (C=O) groups is 1. The number of carboxylic acids is 1. The molecule has 0 saturated heterocycles. The number of likely N-dealkylation sites (N-methyl/N-ethyl adjacent to an activating group) is 1. The molecule has 0 fully saturated rings. The molecule has 0 radical (unpaired) electrons. The zero-order chi connectivity index (χ0) is 14.8. The van der Waals surface area contributed by atoms with E-state index in [2.05, 4.69) is 4.90 Å². The van der Waals surface area contributed by atoms with E-state index in [1.807, 2.05) is 38.1 Å². The van der Waals surface area contributed by atoms with Crippen LogP contribution in [0.2, 0.25) is 0 Å². The van der Waals surface area contributed by atoms with Crippen LogP contribution >= 0.6 is 0 Å². The fourth-order valence-electron chi connectivity index (χ4n) is 1.81. The molecule has 20 heavy (non-hydrogen) atoms. The van der Waals surface area contributed by atoms with Gasteiger partial charge in [-0.2, -0.15) is 0 Å². The SMILES string of the molecule is CCOc1ccccc1OCCN(CC)CCC(=O)O. The smallest absolute Gasteiger partial charge is 0.304 e. The number of para-hydroxylation sites is 2. The van der Waals surface area contributed by atoms with Crippen LogP contribution in [-0.2, 0) is 4.79 Å². The Morgan fingerprint density at radius 2 is 1.80 bits per heavy atom. The first-order valence-electron chi connectivity index (χ1n) is 6.96. The lowest BCUT2D eigenvalue weighted by atomic mass is 10.3. The number of benzene rings is 1. The van der Waals surface area contributed by atoms with Crippen molar-refractivity contribution < 1.29 is 19.4 Å². The zero-order valence-corrected chi connectivity index (χ0v) is 12.2. The van der Waals surface area contributed by atoms with E-state index in [1.54, 1.807) is 0 Å². The van der Waals surface area contributed by atoms with E-state index in [4.69, 9.17) is 14.6 Å². The van der Waals surface area contributed by atoms with Gasteiger partial charge in [0.15, 0.2) is 11.5 Å². The summed E-state index contributed by atoms with van der Waals surface area (Å²) < 4.78 is 11.2. The molecule has 0 aliphatic carbocycles. The Hall–Kier alpha value is -1.75. The highest BCUT2D eigenvalue weighted by Gasteiger charge is 2.07. The monoisotopic (exact) mass is 281 g/mol. The molecule has 0 aromatic heterocycles. The lowest BCUT2D eigenvalue weighted by Crippen LogP contribution is -2.30. The molecule has 5 nitrogen and oxygen atoms in total. The average Bonchev–Trinajstić information content (AvgIpc) is 2.44. The molecular formula is C15H23NO4. The molecule has 0 atom stereocenters. The van der Waals surface area contributed by atoms with Gasteiger partial charge in [-0.15, -0.1) is 0 Å². The summed E-state index contributed by atoms with van der Waals surface area (Å²) in [5.41, 5.74) is 0. The minimum Gasteiger partial charge on any atom is -0.490 e. The molecule has 0 spiro atoms. The van der Waals surface area contributed by atoms with Crippen molar-refractivity contribution in [2.45, 2.75) is 20.3 Å². The summed E-state index contributed by atoms with van der Waals surface area (Å²) in [7, 11) is 0. The highest BCUT2D eigenvalue weighted by molar-refractivity contribution is 5.66. The van der Waals surface area contributed by atoms with Crippen molar-refractivity contribution >= 4 is 5.97 Å². The van der Waals surface area contributed by atoms with E-state index < -0.39 is 5.97 Å². The Bertz CT molecular complexity index is 409. The molecule has 0 unspecified atom stereocenters. The van der Waals surface area contributed by atoms with E-state index in [0.29, 0.717) is 26.3 Å². The second kappa shape index (κ2) is 9.20. The van der Waals surface area contributed by atoms with Crippen LogP contribution in [-0.4, -0.2) is 48.8 Å². The van der Waals surface area contributed by atoms with Crippen molar-refractivity contribution in [3.8, 4) is 11.5 Å². The van der Waals surface area contributed by atoms with Gasteiger partial charge in [-0.05, 0) is 25.6 Å². The molecule has 0 amide bonds. The lowest BCUT2D eigenvalue weighted by molar-refractivity contribution is -0.137. The van der Waals surface area contributed by atoms with Gasteiger partial charge in [0, 0.05) is 13.1 Å². The minimum absolute atomic E-state index is 0.156. The molecule has 1 aromatic rings. The van der Waals surface area contributed by atoms with Crippen LogP contribution < -0.4 is 9.47 Å². The van der Waals surface area contributed by atoms with Crippen LogP contribution in [0.15, 0.2) is 24.3 Å². The van der Waals surface area contributed by atoms with Gasteiger partial charge < -0.3 is 14.6 Å². The summed E-state index contributed by atoms with van der Waals surface area (Å²) in [6, 6.07) is 7.56. The molecule has 1 rings (SSSR count). The van der Waals surface area contributed by atoms with Crippen LogP contribution in [0, 0.1) is 0 Å². The summed E-state index contributed by atoms with van der Waals surface area (Å²) in [5, 5.41) is 8.68. The predicted molar refractivity (Wildman–Crippen MR) is 77.5 cm³/mol. The predicted octanol–water partition coefficient (Wildman–Crippen LogP) is 2.26.